The van der Waals surface area contributed by atoms with Crippen LogP contribution in [-0.2, 0) is 24.6 Å². The summed E-state index contributed by atoms with van der Waals surface area (Å²) >= 11 is 0. The number of hydrogen-bond donors (Lipinski definition) is 1. The van der Waals surface area contributed by atoms with Gasteiger partial charge in [-0.1, -0.05) is 0 Å². The SMILES string of the molecule is Cn1ncc2c(N)nc3ccc(C(=O)N(Cc4ccc(C(F)(F)F)cn4)N4CCCCC4=O)cc3c21. The Morgan fingerprint density at radius 1 is 1.14 bits per heavy atom. The molecule has 0 radical (unpaired) electrons. The number of nitrogens with zero attached hydrogens (tertiary/aromatic N) is 6. The zero-order valence-corrected chi connectivity index (χ0v) is 19.3. The quantitative estimate of drug-likeness (QED) is 0.461. The average Bonchev–Trinajstić information content (AvgIpc) is 3.25. The summed E-state index contributed by atoms with van der Waals surface area (Å²) in [4.78, 5) is 34.7. The molecule has 0 unspecified atom stereocenters. The molecule has 1 aromatic carbocycles. The monoisotopic (exact) mass is 497 g/mol. The maximum atomic E-state index is 13.7. The second-order valence-electron chi connectivity index (χ2n) is 8.63. The van der Waals surface area contributed by atoms with Crippen molar-refractivity contribution in [2.24, 2.45) is 7.05 Å². The Morgan fingerprint density at radius 3 is 2.64 bits per heavy atom. The van der Waals surface area contributed by atoms with Crippen LogP contribution >= 0.6 is 0 Å². The van der Waals surface area contributed by atoms with E-state index in [0.29, 0.717) is 47.0 Å². The lowest BCUT2D eigenvalue weighted by Crippen LogP contribution is -2.51. The number of fused-ring (bicyclic) bond motifs is 3. The molecule has 2 N–H and O–H groups in total. The molecule has 1 aliphatic heterocycles. The van der Waals surface area contributed by atoms with E-state index in [1.54, 1.807) is 36.1 Å². The molecule has 0 bridgehead atoms. The number of carbonyl (C=O) groups excluding carboxylic acids is 2. The Balaban J connectivity index is 1.55. The largest absolute Gasteiger partial charge is 0.417 e. The predicted molar refractivity (Wildman–Crippen MR) is 125 cm³/mol. The number of piperidine rings is 1. The van der Waals surface area contributed by atoms with Gasteiger partial charge in [-0.05, 0) is 43.2 Å². The van der Waals surface area contributed by atoms with Gasteiger partial charge < -0.3 is 5.73 Å². The second-order valence-corrected chi connectivity index (χ2v) is 8.63. The molecule has 0 atom stereocenters. The van der Waals surface area contributed by atoms with Gasteiger partial charge in [0.1, 0.15) is 5.82 Å². The molecular weight excluding hydrogens is 475 g/mol. The van der Waals surface area contributed by atoms with Crippen LogP contribution in [0.2, 0.25) is 0 Å². The van der Waals surface area contributed by atoms with Gasteiger partial charge in [-0.2, -0.15) is 18.3 Å². The smallest absolute Gasteiger partial charge is 0.383 e. The number of nitrogens with two attached hydrogens (primary N) is 1. The maximum Gasteiger partial charge on any atom is 0.417 e. The highest BCUT2D eigenvalue weighted by Crippen LogP contribution is 2.30. The first-order valence-corrected chi connectivity index (χ1v) is 11.3. The van der Waals surface area contributed by atoms with E-state index in [1.165, 1.54) is 16.1 Å². The molecule has 4 heterocycles. The van der Waals surface area contributed by atoms with Crippen molar-refractivity contribution >= 4 is 39.4 Å². The van der Waals surface area contributed by atoms with E-state index >= 15 is 0 Å². The molecule has 1 saturated heterocycles. The van der Waals surface area contributed by atoms with Gasteiger partial charge in [0, 0.05) is 37.2 Å². The van der Waals surface area contributed by atoms with Gasteiger partial charge in [0.2, 0.25) is 5.91 Å². The second kappa shape index (κ2) is 8.77. The minimum atomic E-state index is -4.52. The molecule has 0 aliphatic carbocycles. The fourth-order valence-corrected chi connectivity index (χ4v) is 4.39. The van der Waals surface area contributed by atoms with Gasteiger partial charge in [0.05, 0.1) is 40.4 Å². The van der Waals surface area contributed by atoms with Crippen LogP contribution in [0.5, 0.6) is 0 Å². The van der Waals surface area contributed by atoms with E-state index in [-0.39, 0.29) is 30.1 Å². The van der Waals surface area contributed by atoms with Crippen LogP contribution in [0.3, 0.4) is 0 Å². The zero-order valence-electron chi connectivity index (χ0n) is 19.3. The number of hydrazine groups is 1. The number of anilines is 1. The number of benzene rings is 1. The summed E-state index contributed by atoms with van der Waals surface area (Å²) in [5.74, 6) is -0.398. The Bertz CT molecular complexity index is 1480. The predicted octanol–water partition coefficient (Wildman–Crippen LogP) is 3.69. The Kier molecular flexibility index (Phi) is 5.73. The summed E-state index contributed by atoms with van der Waals surface area (Å²) in [7, 11) is 1.75. The zero-order chi connectivity index (χ0) is 25.6. The number of carbonyl (C=O) groups is 2. The molecule has 36 heavy (non-hydrogen) atoms. The van der Waals surface area contributed by atoms with E-state index in [9.17, 15) is 22.8 Å². The number of aromatic nitrogens is 4. The summed E-state index contributed by atoms with van der Waals surface area (Å²) in [5.41, 5.74) is 6.95. The van der Waals surface area contributed by atoms with Crippen molar-refractivity contribution in [1.29, 1.82) is 0 Å². The highest BCUT2D eigenvalue weighted by atomic mass is 19.4. The summed E-state index contributed by atoms with van der Waals surface area (Å²) in [6, 6.07) is 7.03. The Morgan fingerprint density at radius 2 is 1.94 bits per heavy atom. The number of hydrogen-bond acceptors (Lipinski definition) is 6. The Labute approximate surface area is 203 Å². The molecule has 1 fully saturated rings. The molecule has 186 valence electrons. The van der Waals surface area contributed by atoms with Gasteiger partial charge in [-0.3, -0.25) is 24.3 Å². The van der Waals surface area contributed by atoms with Crippen LogP contribution in [0.4, 0.5) is 19.0 Å². The highest BCUT2D eigenvalue weighted by molar-refractivity contribution is 6.10. The van der Waals surface area contributed by atoms with Gasteiger partial charge in [0.15, 0.2) is 0 Å². The van der Waals surface area contributed by atoms with Gasteiger partial charge in [-0.25, -0.2) is 9.99 Å². The first-order chi connectivity index (χ1) is 17.1. The van der Waals surface area contributed by atoms with Crippen LogP contribution in [0.1, 0.15) is 40.9 Å². The third-order valence-corrected chi connectivity index (χ3v) is 6.24. The standard InChI is InChI=1S/C24H22F3N7O2/c1-32-21-17-10-14(5-8-19(17)31-22(28)18(21)12-30-32)23(36)34(33-9-3-2-4-20(33)35)13-16-7-6-15(11-29-16)24(25,26)27/h5-8,10-12H,2-4,9,13H2,1H3,(H2,28,31). The highest BCUT2D eigenvalue weighted by Gasteiger charge is 2.32. The first kappa shape index (κ1) is 23.5. The number of nitrogen functional groups attached to an aromatic ring is 1. The molecule has 3 aromatic heterocycles. The Hall–Kier alpha value is -4.22. The average molecular weight is 497 g/mol. The van der Waals surface area contributed by atoms with Gasteiger partial charge in [0.25, 0.3) is 5.91 Å². The summed E-state index contributed by atoms with van der Waals surface area (Å²) in [6.45, 7) is 0.157. The van der Waals surface area contributed by atoms with Crippen molar-refractivity contribution < 1.29 is 22.8 Å². The fraction of sp³-hybridized carbons (Fsp3) is 0.292. The van der Waals surface area contributed by atoms with Crippen molar-refractivity contribution in [2.75, 3.05) is 12.3 Å². The number of halogens is 3. The van der Waals surface area contributed by atoms with E-state index in [2.05, 4.69) is 15.1 Å². The minimum absolute atomic E-state index is 0.165. The van der Waals surface area contributed by atoms with Crippen molar-refractivity contribution in [3.05, 3.63) is 59.5 Å². The van der Waals surface area contributed by atoms with Crippen molar-refractivity contribution in [3.63, 3.8) is 0 Å². The third-order valence-electron chi connectivity index (χ3n) is 6.24. The number of aryl methyl sites for hydroxylation is 1. The van der Waals surface area contributed by atoms with Crippen LogP contribution < -0.4 is 5.73 Å². The molecule has 12 heteroatoms. The van der Waals surface area contributed by atoms with Crippen molar-refractivity contribution in [3.8, 4) is 0 Å². The molecule has 0 spiro atoms. The summed E-state index contributed by atoms with van der Waals surface area (Å²) < 4.78 is 40.5. The molecule has 4 aromatic rings. The van der Waals surface area contributed by atoms with Crippen molar-refractivity contribution in [1.82, 2.24) is 29.8 Å². The lowest BCUT2D eigenvalue weighted by molar-refractivity contribution is -0.148. The molecule has 1 aliphatic rings. The van der Waals surface area contributed by atoms with Crippen LogP contribution in [0, 0.1) is 0 Å². The normalized spacial score (nSPS) is 14.6. The molecular formula is C24H22F3N7O2. The topological polar surface area (TPSA) is 110 Å². The molecule has 2 amide bonds. The van der Waals surface area contributed by atoms with E-state index < -0.39 is 17.6 Å². The van der Waals surface area contributed by atoms with Crippen molar-refractivity contribution in [2.45, 2.75) is 32.0 Å². The van der Waals surface area contributed by atoms with E-state index in [4.69, 9.17) is 5.73 Å². The van der Waals surface area contributed by atoms with Gasteiger partial charge in [-0.15, -0.1) is 0 Å². The maximum absolute atomic E-state index is 13.7. The van der Waals surface area contributed by atoms with Crippen LogP contribution in [0.25, 0.3) is 21.8 Å². The third kappa shape index (κ3) is 4.18. The number of pyridine rings is 2. The van der Waals surface area contributed by atoms with E-state index in [1.807, 2.05) is 0 Å². The molecule has 9 nitrogen and oxygen atoms in total. The summed E-state index contributed by atoms with van der Waals surface area (Å²) in [6.07, 6.45) is -0.518. The van der Waals surface area contributed by atoms with E-state index in [0.717, 1.165) is 12.3 Å². The number of amides is 2. The lowest BCUT2D eigenvalue weighted by Gasteiger charge is -2.37. The van der Waals surface area contributed by atoms with Crippen LogP contribution in [-0.4, -0.2) is 48.1 Å². The number of rotatable bonds is 4. The summed E-state index contributed by atoms with van der Waals surface area (Å²) in [5, 5.41) is 8.15. The number of alkyl halides is 3. The first-order valence-electron chi connectivity index (χ1n) is 11.3. The fourth-order valence-electron chi connectivity index (χ4n) is 4.39. The van der Waals surface area contributed by atoms with Crippen LogP contribution in [0.15, 0.2) is 42.7 Å². The molecule has 0 saturated carbocycles. The lowest BCUT2D eigenvalue weighted by atomic mass is 10.1. The minimum Gasteiger partial charge on any atom is -0.383 e. The molecule has 5 rings (SSSR count). The van der Waals surface area contributed by atoms with Gasteiger partial charge >= 0.3 is 6.18 Å².